The molecular formula is C26H28N4O3S. The largest absolute Gasteiger partial charge is 0.497 e. The van der Waals surface area contributed by atoms with Crippen LogP contribution in [0.4, 0.5) is 0 Å². The molecule has 2 N–H and O–H groups in total. The molecule has 0 aliphatic heterocycles. The Morgan fingerprint density at radius 1 is 0.912 bits per heavy atom. The molecule has 8 heteroatoms. The molecule has 0 fully saturated rings. The number of aryl methyl sites for hydroxylation is 1. The Hall–Kier alpha value is -3.49. The lowest BCUT2D eigenvalue weighted by Gasteiger charge is -2.16. The number of ether oxygens (including phenoxy) is 1. The molecule has 0 unspecified atom stereocenters. The maximum atomic E-state index is 13.5. The summed E-state index contributed by atoms with van der Waals surface area (Å²) in [4.78, 5) is 0. The minimum Gasteiger partial charge on any atom is -0.497 e. The molecule has 1 aromatic heterocycles. The van der Waals surface area contributed by atoms with Crippen molar-refractivity contribution in [1.82, 2.24) is 14.8 Å². The van der Waals surface area contributed by atoms with Crippen LogP contribution < -0.4 is 10.5 Å². The Bertz CT molecular complexity index is 1350. The van der Waals surface area contributed by atoms with E-state index in [2.05, 4.69) is 10.2 Å². The van der Waals surface area contributed by atoms with Crippen molar-refractivity contribution < 1.29 is 13.2 Å². The van der Waals surface area contributed by atoms with Crippen LogP contribution in [0.3, 0.4) is 0 Å². The fourth-order valence-corrected chi connectivity index (χ4v) is 5.24. The number of methoxy groups -OCH3 is 1. The van der Waals surface area contributed by atoms with Crippen molar-refractivity contribution in [2.24, 2.45) is 5.73 Å². The smallest absolute Gasteiger partial charge is 0.250 e. The van der Waals surface area contributed by atoms with Gasteiger partial charge in [0.1, 0.15) is 5.75 Å². The van der Waals surface area contributed by atoms with Gasteiger partial charge in [-0.15, -0.1) is 10.2 Å². The van der Waals surface area contributed by atoms with Crippen LogP contribution in [0.15, 0.2) is 84.0 Å². The minimum atomic E-state index is -3.80. The molecule has 4 aromatic rings. The Kier molecular flexibility index (Phi) is 7.09. The summed E-state index contributed by atoms with van der Waals surface area (Å²) in [5.74, 6) is 0.817. The Morgan fingerprint density at radius 2 is 1.62 bits per heavy atom. The van der Waals surface area contributed by atoms with Crippen molar-refractivity contribution in [3.8, 4) is 5.75 Å². The van der Waals surface area contributed by atoms with Gasteiger partial charge in [0.25, 0.3) is 0 Å². The van der Waals surface area contributed by atoms with Gasteiger partial charge in [0.2, 0.25) is 15.0 Å². The van der Waals surface area contributed by atoms with Crippen LogP contribution in [0, 0.1) is 6.92 Å². The van der Waals surface area contributed by atoms with Crippen molar-refractivity contribution in [1.29, 1.82) is 0 Å². The fourth-order valence-electron chi connectivity index (χ4n) is 3.83. The van der Waals surface area contributed by atoms with Crippen molar-refractivity contribution >= 4 is 9.84 Å². The maximum Gasteiger partial charge on any atom is 0.250 e. The lowest BCUT2D eigenvalue weighted by Crippen LogP contribution is -2.22. The highest BCUT2D eigenvalue weighted by Gasteiger charge is 2.28. The highest BCUT2D eigenvalue weighted by molar-refractivity contribution is 7.90. The number of hydrogen-bond acceptors (Lipinski definition) is 6. The predicted octanol–water partition coefficient (Wildman–Crippen LogP) is 3.86. The van der Waals surface area contributed by atoms with E-state index in [1.807, 2.05) is 61.5 Å². The number of aromatic nitrogens is 3. The summed E-state index contributed by atoms with van der Waals surface area (Å²) < 4.78 is 33.8. The highest BCUT2D eigenvalue weighted by Crippen LogP contribution is 2.23. The van der Waals surface area contributed by atoms with Crippen LogP contribution in [0.5, 0.6) is 5.75 Å². The lowest BCUT2D eigenvalue weighted by molar-refractivity contribution is 0.414. The van der Waals surface area contributed by atoms with Gasteiger partial charge in [-0.1, -0.05) is 72.3 Å². The van der Waals surface area contributed by atoms with Gasteiger partial charge in [-0.3, -0.25) is 4.57 Å². The quantitative estimate of drug-likeness (QED) is 0.394. The predicted molar refractivity (Wildman–Crippen MR) is 131 cm³/mol. The summed E-state index contributed by atoms with van der Waals surface area (Å²) in [5, 5.41) is 8.28. The number of rotatable bonds is 9. The molecule has 0 aliphatic rings. The monoisotopic (exact) mass is 476 g/mol. The molecule has 3 aromatic carbocycles. The molecule has 1 heterocycles. The number of nitrogens with zero attached hydrogens (tertiary/aromatic N) is 3. The molecule has 0 saturated heterocycles. The third kappa shape index (κ3) is 5.52. The number of benzene rings is 3. The second-order valence-corrected chi connectivity index (χ2v) is 10.2. The second-order valence-electron chi connectivity index (χ2n) is 8.32. The second kappa shape index (κ2) is 10.2. The first-order valence-corrected chi connectivity index (χ1v) is 12.6. The van der Waals surface area contributed by atoms with Crippen molar-refractivity contribution in [2.75, 3.05) is 7.11 Å². The zero-order chi connectivity index (χ0) is 24.1. The molecular weight excluding hydrogens is 448 g/mol. The molecule has 34 heavy (non-hydrogen) atoms. The van der Waals surface area contributed by atoms with E-state index in [4.69, 9.17) is 10.5 Å². The van der Waals surface area contributed by atoms with Crippen LogP contribution in [0.1, 0.15) is 34.1 Å². The summed E-state index contributed by atoms with van der Waals surface area (Å²) in [6.45, 7) is 2.31. The maximum absolute atomic E-state index is 13.5. The van der Waals surface area contributed by atoms with E-state index in [1.54, 1.807) is 35.9 Å². The van der Waals surface area contributed by atoms with Crippen LogP contribution in [-0.4, -0.2) is 30.3 Å². The van der Waals surface area contributed by atoms with Gasteiger partial charge in [0.05, 0.1) is 25.4 Å². The van der Waals surface area contributed by atoms with Crippen LogP contribution >= 0.6 is 0 Å². The topological polar surface area (TPSA) is 100 Å². The first kappa shape index (κ1) is 23.7. The van der Waals surface area contributed by atoms with E-state index in [0.717, 1.165) is 16.7 Å². The lowest BCUT2D eigenvalue weighted by atomic mass is 10.1. The molecule has 4 rings (SSSR count). The van der Waals surface area contributed by atoms with Crippen LogP contribution in [-0.2, 0) is 28.6 Å². The molecule has 7 nitrogen and oxygen atoms in total. The zero-order valence-corrected chi connectivity index (χ0v) is 20.1. The number of hydrogen-bond donors (Lipinski definition) is 1. The van der Waals surface area contributed by atoms with E-state index in [-0.39, 0.29) is 10.9 Å². The number of nitrogens with two attached hydrogens (primary N) is 1. The molecule has 0 radical (unpaired) electrons. The van der Waals surface area contributed by atoms with Gasteiger partial charge in [0, 0.05) is 0 Å². The Balaban J connectivity index is 1.71. The van der Waals surface area contributed by atoms with Crippen LogP contribution in [0.25, 0.3) is 0 Å². The average Bonchev–Trinajstić information content (AvgIpc) is 3.26. The van der Waals surface area contributed by atoms with Gasteiger partial charge >= 0.3 is 0 Å². The molecule has 176 valence electrons. The standard InChI is InChI=1S/C26H28N4O3S/c1-19-11-13-21(14-12-19)17-30-25(24(27)16-20-7-4-3-5-8-20)28-29-26(30)34(31,32)18-22-9-6-10-23(15-22)33-2/h3-15,24H,16-18,27H2,1-2H3/t24-/m0/s1. The van der Waals surface area contributed by atoms with Gasteiger partial charge in [-0.05, 0) is 42.2 Å². The third-order valence-electron chi connectivity index (χ3n) is 5.61. The van der Waals surface area contributed by atoms with Crippen molar-refractivity contribution in [3.63, 3.8) is 0 Å². The van der Waals surface area contributed by atoms with Crippen LogP contribution in [0.2, 0.25) is 0 Å². The highest BCUT2D eigenvalue weighted by atomic mass is 32.2. The third-order valence-corrected chi connectivity index (χ3v) is 7.18. The first-order valence-electron chi connectivity index (χ1n) is 11.0. The minimum absolute atomic E-state index is 0.0885. The zero-order valence-electron chi connectivity index (χ0n) is 19.3. The van der Waals surface area contributed by atoms with Gasteiger partial charge in [-0.2, -0.15) is 0 Å². The summed E-state index contributed by atoms with van der Waals surface area (Å²) in [6.07, 6.45) is 0.517. The van der Waals surface area contributed by atoms with E-state index < -0.39 is 15.9 Å². The first-order chi connectivity index (χ1) is 16.4. The van der Waals surface area contributed by atoms with Gasteiger partial charge in [0.15, 0.2) is 5.82 Å². The van der Waals surface area contributed by atoms with E-state index in [0.29, 0.717) is 30.1 Å². The Morgan fingerprint density at radius 3 is 2.32 bits per heavy atom. The SMILES string of the molecule is COc1cccc(CS(=O)(=O)c2nnc([C@@H](N)Cc3ccccc3)n2Cc2ccc(C)cc2)c1. The average molecular weight is 477 g/mol. The summed E-state index contributed by atoms with van der Waals surface area (Å²) in [6, 6.07) is 24.2. The van der Waals surface area contributed by atoms with E-state index in [9.17, 15) is 8.42 Å². The molecule has 0 bridgehead atoms. The summed E-state index contributed by atoms with van der Waals surface area (Å²) in [7, 11) is -2.26. The summed E-state index contributed by atoms with van der Waals surface area (Å²) >= 11 is 0. The van der Waals surface area contributed by atoms with E-state index >= 15 is 0 Å². The molecule has 0 saturated carbocycles. The molecule has 0 aliphatic carbocycles. The van der Waals surface area contributed by atoms with Gasteiger partial charge in [-0.25, -0.2) is 8.42 Å². The summed E-state index contributed by atoms with van der Waals surface area (Å²) in [5.41, 5.74) is 10.2. The molecule has 0 spiro atoms. The molecule has 1 atom stereocenters. The molecule has 0 amide bonds. The number of sulfone groups is 1. The van der Waals surface area contributed by atoms with Gasteiger partial charge < -0.3 is 10.5 Å². The van der Waals surface area contributed by atoms with E-state index in [1.165, 1.54) is 0 Å². The Labute approximate surface area is 200 Å². The van der Waals surface area contributed by atoms with Crippen molar-refractivity contribution in [3.05, 3.63) is 107 Å². The van der Waals surface area contributed by atoms with Crippen molar-refractivity contribution in [2.45, 2.75) is 36.8 Å². The fraction of sp³-hybridized carbons (Fsp3) is 0.231. The normalized spacial score (nSPS) is 12.4.